The van der Waals surface area contributed by atoms with Crippen molar-refractivity contribution in [2.75, 3.05) is 26.4 Å². The Morgan fingerprint density at radius 1 is 0.667 bits per heavy atom. The van der Waals surface area contributed by atoms with Crippen LogP contribution < -0.4 is 0 Å². The molecule has 0 radical (unpaired) electrons. The molecule has 0 fully saturated rings. The monoisotopic (exact) mass is 274 g/mol. The van der Waals surface area contributed by atoms with E-state index < -0.39 is 0 Å². The van der Waals surface area contributed by atoms with Gasteiger partial charge in [0.05, 0.1) is 32.6 Å². The summed E-state index contributed by atoms with van der Waals surface area (Å²) in [6, 6.07) is 0. The van der Waals surface area contributed by atoms with Crippen LogP contribution in [0.2, 0.25) is 0 Å². The van der Waals surface area contributed by atoms with Crippen molar-refractivity contribution in [1.29, 1.82) is 0 Å². The average Bonchev–Trinajstić information content (AvgIpc) is 2.36. The molecule has 0 aromatic rings. The molecule has 0 bridgehead atoms. The Morgan fingerprint density at radius 2 is 1.11 bits per heavy atom. The van der Waals surface area contributed by atoms with Crippen LogP contribution in [-0.2, 0) is 0 Å². The largest absolute Gasteiger partial charge is 0.267 e. The fourth-order valence-corrected chi connectivity index (χ4v) is 3.00. The Hall–Kier alpha value is 0.310. The molecule has 0 unspecified atom stereocenters. The minimum atomic E-state index is 1.11. The van der Waals surface area contributed by atoms with Crippen molar-refractivity contribution in [3.05, 3.63) is 0 Å². The predicted molar refractivity (Wildman–Crippen MR) is 87.0 cm³/mol. The molecule has 18 heavy (non-hydrogen) atoms. The summed E-state index contributed by atoms with van der Waals surface area (Å²) in [5.41, 5.74) is 0. The van der Waals surface area contributed by atoms with Crippen LogP contribution in [0.1, 0.15) is 78.1 Å². The Bertz CT molecular complexity index is 168. The molecular formula is C16H36NS+. The third-order valence-electron chi connectivity index (χ3n) is 3.70. The van der Waals surface area contributed by atoms with E-state index in [1.54, 1.807) is 0 Å². The molecule has 0 N–H and O–H groups in total. The average molecular weight is 275 g/mol. The molecule has 0 atom stereocenters. The van der Waals surface area contributed by atoms with E-state index in [4.69, 9.17) is 0 Å². The Labute approximate surface area is 120 Å². The summed E-state index contributed by atoms with van der Waals surface area (Å²) >= 11 is 2.09. The minimum absolute atomic E-state index is 1.11. The third kappa shape index (κ3) is 12.8. The molecule has 110 valence electrons. The lowest BCUT2D eigenvalue weighted by Gasteiger charge is -2.24. The molecule has 0 rings (SSSR count). The van der Waals surface area contributed by atoms with E-state index in [9.17, 15) is 0 Å². The summed E-state index contributed by atoms with van der Waals surface area (Å²) in [6.45, 7) is 5.78. The number of hydrogen-bond acceptors (Lipinski definition) is 1. The zero-order chi connectivity index (χ0) is 13.7. The molecule has 0 aliphatic rings. The quantitative estimate of drug-likeness (QED) is 0.237. The van der Waals surface area contributed by atoms with Gasteiger partial charge in [0.2, 0.25) is 0 Å². The fourth-order valence-electron chi connectivity index (χ4n) is 1.99. The van der Waals surface area contributed by atoms with E-state index in [0.29, 0.717) is 0 Å². The van der Waals surface area contributed by atoms with E-state index in [1.807, 2.05) is 0 Å². The lowest BCUT2D eigenvalue weighted by atomic mass is 10.1. The first kappa shape index (κ1) is 18.3. The van der Waals surface area contributed by atoms with Crippen LogP contribution in [-0.4, -0.2) is 30.3 Å². The summed E-state index contributed by atoms with van der Waals surface area (Å²) in [5.74, 6) is 1.33. The van der Waals surface area contributed by atoms with E-state index in [0.717, 1.165) is 3.89 Å². The van der Waals surface area contributed by atoms with Crippen LogP contribution >= 0.6 is 11.9 Å². The molecule has 0 heterocycles. The van der Waals surface area contributed by atoms with Crippen LogP contribution in [0.25, 0.3) is 0 Å². The van der Waals surface area contributed by atoms with E-state index >= 15 is 0 Å². The van der Waals surface area contributed by atoms with Crippen molar-refractivity contribution >= 4 is 11.9 Å². The van der Waals surface area contributed by atoms with Crippen molar-refractivity contribution < 1.29 is 3.89 Å². The highest BCUT2D eigenvalue weighted by atomic mass is 32.2. The maximum atomic E-state index is 2.31. The predicted octanol–water partition coefficient (Wildman–Crippen LogP) is 5.65. The number of rotatable bonds is 13. The molecule has 1 nitrogen and oxygen atoms in total. The van der Waals surface area contributed by atoms with E-state index in [-0.39, 0.29) is 0 Å². The molecule has 2 heteroatoms. The maximum absolute atomic E-state index is 2.31. The van der Waals surface area contributed by atoms with Crippen LogP contribution in [0.5, 0.6) is 0 Å². The first-order valence-corrected chi connectivity index (χ1v) is 9.04. The molecule has 0 amide bonds. The van der Waals surface area contributed by atoms with Gasteiger partial charge >= 0.3 is 0 Å². The highest BCUT2D eigenvalue weighted by molar-refractivity contribution is 7.93. The van der Waals surface area contributed by atoms with E-state index in [1.165, 1.54) is 76.5 Å². The van der Waals surface area contributed by atoms with Gasteiger partial charge in [-0.3, -0.25) is 3.89 Å². The molecular weight excluding hydrogens is 238 g/mol. The number of hydrogen-bond donors (Lipinski definition) is 0. The van der Waals surface area contributed by atoms with Gasteiger partial charge < -0.3 is 0 Å². The van der Waals surface area contributed by atoms with Gasteiger partial charge in [-0.2, -0.15) is 0 Å². The van der Waals surface area contributed by atoms with Crippen molar-refractivity contribution in [2.45, 2.75) is 78.1 Å². The molecule has 0 saturated heterocycles. The summed E-state index contributed by atoms with van der Waals surface area (Å²) in [5, 5.41) is 0. The van der Waals surface area contributed by atoms with Gasteiger partial charge in [0.25, 0.3) is 0 Å². The Balaban J connectivity index is 3.08. The molecule has 0 aromatic carbocycles. The molecule has 0 aromatic heterocycles. The standard InChI is InChI=1S/C16H36NS/c1-5-7-8-9-10-11-12-13-14-15-16-18-17(3,4)6-2/h5-16H2,1-4H3/q+1. The summed E-state index contributed by atoms with van der Waals surface area (Å²) in [6.07, 6.45) is 14.4. The zero-order valence-corrected chi connectivity index (χ0v) is 14.2. The van der Waals surface area contributed by atoms with Crippen LogP contribution in [0.4, 0.5) is 0 Å². The van der Waals surface area contributed by atoms with Gasteiger partial charge in [-0.25, -0.2) is 0 Å². The van der Waals surface area contributed by atoms with Gasteiger partial charge in [-0.05, 0) is 13.3 Å². The van der Waals surface area contributed by atoms with Gasteiger partial charge in [-0.15, -0.1) is 0 Å². The fraction of sp³-hybridized carbons (Fsp3) is 1.00. The maximum Gasteiger partial charge on any atom is 0.0859 e. The zero-order valence-electron chi connectivity index (χ0n) is 13.3. The van der Waals surface area contributed by atoms with Crippen molar-refractivity contribution in [3.63, 3.8) is 0 Å². The van der Waals surface area contributed by atoms with Gasteiger partial charge in [0.15, 0.2) is 0 Å². The topological polar surface area (TPSA) is 0 Å². The highest BCUT2D eigenvalue weighted by Crippen LogP contribution is 2.18. The second-order valence-electron chi connectivity index (χ2n) is 5.91. The Morgan fingerprint density at radius 3 is 1.56 bits per heavy atom. The van der Waals surface area contributed by atoms with E-state index in [2.05, 4.69) is 39.9 Å². The third-order valence-corrected chi connectivity index (χ3v) is 5.13. The van der Waals surface area contributed by atoms with Crippen molar-refractivity contribution in [3.8, 4) is 0 Å². The second-order valence-corrected chi connectivity index (χ2v) is 7.56. The number of unbranched alkanes of at least 4 members (excludes halogenated alkanes) is 9. The first-order chi connectivity index (χ1) is 8.62. The van der Waals surface area contributed by atoms with Gasteiger partial charge in [0, 0.05) is 5.75 Å². The lowest BCUT2D eigenvalue weighted by molar-refractivity contribution is -0.748. The minimum Gasteiger partial charge on any atom is -0.267 e. The van der Waals surface area contributed by atoms with Crippen molar-refractivity contribution in [1.82, 2.24) is 0 Å². The lowest BCUT2D eigenvalue weighted by Crippen LogP contribution is -2.31. The molecule has 0 aliphatic carbocycles. The second kappa shape index (κ2) is 12.3. The highest BCUT2D eigenvalue weighted by Gasteiger charge is 2.12. The van der Waals surface area contributed by atoms with Gasteiger partial charge in [0.1, 0.15) is 0 Å². The van der Waals surface area contributed by atoms with Crippen LogP contribution in [0, 0.1) is 0 Å². The molecule has 0 saturated carbocycles. The first-order valence-electron chi connectivity index (χ1n) is 8.10. The van der Waals surface area contributed by atoms with Crippen LogP contribution in [0.3, 0.4) is 0 Å². The Kier molecular flexibility index (Phi) is 12.6. The normalized spacial score (nSPS) is 12.0. The number of quaternary nitrogens is 1. The number of nitrogens with zero attached hydrogens (tertiary/aromatic N) is 1. The summed E-state index contributed by atoms with van der Waals surface area (Å²) in [4.78, 5) is 0. The molecule has 0 spiro atoms. The summed E-state index contributed by atoms with van der Waals surface area (Å²) in [7, 11) is 4.61. The van der Waals surface area contributed by atoms with Crippen molar-refractivity contribution in [2.24, 2.45) is 0 Å². The smallest absolute Gasteiger partial charge is 0.0859 e. The summed E-state index contributed by atoms with van der Waals surface area (Å²) < 4.78 is 1.11. The van der Waals surface area contributed by atoms with Gasteiger partial charge in [-0.1, -0.05) is 64.7 Å². The van der Waals surface area contributed by atoms with Crippen LogP contribution in [0.15, 0.2) is 0 Å². The molecule has 0 aliphatic heterocycles. The SMILES string of the molecule is CCCCCCCCCCCCS[N+](C)(C)CC.